The van der Waals surface area contributed by atoms with Crippen molar-refractivity contribution >= 4 is 34.1 Å². The summed E-state index contributed by atoms with van der Waals surface area (Å²) < 4.78 is 1.65. The lowest BCUT2D eigenvalue weighted by Gasteiger charge is -2.10. The number of ketones is 1. The van der Waals surface area contributed by atoms with Crippen LogP contribution in [0.3, 0.4) is 0 Å². The number of nitrogens with two attached hydrogens (primary N) is 2. The number of benzene rings is 2. The molecule has 146 valence electrons. The van der Waals surface area contributed by atoms with E-state index in [4.69, 9.17) is 17.9 Å². The maximum atomic E-state index is 12.8. The molecule has 0 atom stereocenters. The van der Waals surface area contributed by atoms with Crippen LogP contribution in [0.15, 0.2) is 58.7 Å². The van der Waals surface area contributed by atoms with Gasteiger partial charge in [0.25, 0.3) is 0 Å². The summed E-state index contributed by atoms with van der Waals surface area (Å²) in [6.07, 6.45) is 5.62. The van der Waals surface area contributed by atoms with E-state index in [-0.39, 0.29) is 36.2 Å². The number of amidine groups is 1. The van der Waals surface area contributed by atoms with Crippen molar-refractivity contribution in [2.45, 2.75) is 13.0 Å². The molecule has 3 rings (SSSR count). The Morgan fingerprint density at radius 3 is 2.62 bits per heavy atom. The van der Waals surface area contributed by atoms with Crippen molar-refractivity contribution in [3.8, 4) is 12.3 Å². The Labute approximate surface area is 167 Å². The van der Waals surface area contributed by atoms with E-state index in [0.29, 0.717) is 28.7 Å². The Kier molecular flexibility index (Phi) is 5.90. The molecule has 0 bridgehead atoms. The molecule has 0 fully saturated rings. The lowest BCUT2D eigenvalue weighted by molar-refractivity contribution is 0.0973. The van der Waals surface area contributed by atoms with Crippen LogP contribution in [0.5, 0.6) is 0 Å². The minimum absolute atomic E-state index is 0.0146. The predicted molar refractivity (Wildman–Crippen MR) is 113 cm³/mol. The van der Waals surface area contributed by atoms with E-state index in [0.717, 1.165) is 0 Å². The molecule has 2 aromatic carbocycles. The van der Waals surface area contributed by atoms with Gasteiger partial charge in [0.15, 0.2) is 23.2 Å². The smallest absolute Gasteiger partial charge is 0.186 e. The second kappa shape index (κ2) is 8.71. The first-order valence-electron chi connectivity index (χ1n) is 8.85. The molecular formula is C21H20N6O2. The number of terminal acetylenes is 1. The number of para-hydroxylation sites is 2. The van der Waals surface area contributed by atoms with E-state index in [1.807, 2.05) is 18.2 Å². The van der Waals surface area contributed by atoms with Gasteiger partial charge in [-0.25, -0.2) is 4.98 Å². The number of oxime groups is 1. The van der Waals surface area contributed by atoms with Crippen molar-refractivity contribution in [2.24, 2.45) is 15.9 Å². The van der Waals surface area contributed by atoms with Gasteiger partial charge < -0.3 is 21.2 Å². The number of carbonyl (C=O) groups excluding carboxylic acids is 1. The number of carbonyl (C=O) groups is 1. The molecule has 5 N–H and O–H groups in total. The molecule has 0 saturated carbocycles. The van der Waals surface area contributed by atoms with Crippen LogP contribution < -0.4 is 11.5 Å². The maximum Gasteiger partial charge on any atom is 0.186 e. The number of fused-ring (bicyclic) bond motifs is 1. The molecule has 1 heterocycles. The lowest BCUT2D eigenvalue weighted by atomic mass is 10.1. The third-order valence-corrected chi connectivity index (χ3v) is 4.28. The molecule has 1 aromatic heterocycles. The summed E-state index contributed by atoms with van der Waals surface area (Å²) in [6.45, 7) is 0.252. The Balaban J connectivity index is 2.04. The Hall–Kier alpha value is -4.12. The van der Waals surface area contributed by atoms with Crippen molar-refractivity contribution in [3.05, 3.63) is 59.9 Å². The zero-order chi connectivity index (χ0) is 20.8. The molecule has 8 heteroatoms. The minimum atomic E-state index is -0.158. The number of aliphatic imine (C=N–C) groups is 1. The third-order valence-electron chi connectivity index (χ3n) is 4.28. The van der Waals surface area contributed by atoms with E-state index in [1.165, 1.54) is 0 Å². The summed E-state index contributed by atoms with van der Waals surface area (Å²) in [5.41, 5.74) is 14.1. The number of aromatic nitrogens is 2. The zero-order valence-corrected chi connectivity index (χ0v) is 15.6. The molecule has 0 saturated heterocycles. The van der Waals surface area contributed by atoms with Gasteiger partial charge in [-0.05, 0) is 36.4 Å². The number of nitrogen functional groups attached to an aromatic ring is 1. The summed E-state index contributed by atoms with van der Waals surface area (Å²) in [4.78, 5) is 21.5. The fraction of sp³-hybridized carbons (Fsp3) is 0.143. The topological polar surface area (TPSA) is 132 Å². The minimum Gasteiger partial charge on any atom is -0.410 e. The van der Waals surface area contributed by atoms with Crippen molar-refractivity contribution in [1.29, 1.82) is 0 Å². The summed E-state index contributed by atoms with van der Waals surface area (Å²) in [6, 6.07) is 13.9. The first-order valence-corrected chi connectivity index (χ1v) is 8.85. The Bertz CT molecular complexity index is 1140. The molecular weight excluding hydrogens is 368 g/mol. The van der Waals surface area contributed by atoms with Crippen molar-refractivity contribution < 1.29 is 10.0 Å². The molecule has 0 aliphatic carbocycles. The predicted octanol–water partition coefficient (Wildman–Crippen LogP) is 2.06. The largest absolute Gasteiger partial charge is 0.410 e. The average Bonchev–Trinajstić information content (AvgIpc) is 3.07. The highest BCUT2D eigenvalue weighted by Crippen LogP contribution is 2.18. The first kappa shape index (κ1) is 19.6. The van der Waals surface area contributed by atoms with Gasteiger partial charge in [0.2, 0.25) is 0 Å². The van der Waals surface area contributed by atoms with E-state index in [2.05, 4.69) is 21.1 Å². The highest BCUT2D eigenvalue weighted by Gasteiger charge is 2.21. The standard InChI is InChI=1S/C21H20N6O2/c1-2-3-12-24-20(23)19(26-29)21-25-16-6-4-5-7-17(16)27(21)13-18(28)14-8-10-15(22)11-9-14/h1,4-11,29H,3,12-13,22H2,(H2,23,24)/b26-19+. The fourth-order valence-corrected chi connectivity index (χ4v) is 2.85. The van der Waals surface area contributed by atoms with E-state index < -0.39 is 0 Å². The number of rotatable bonds is 7. The van der Waals surface area contributed by atoms with Crippen molar-refractivity contribution in [3.63, 3.8) is 0 Å². The quantitative estimate of drug-likeness (QED) is 0.0833. The van der Waals surface area contributed by atoms with Crippen LogP contribution >= 0.6 is 0 Å². The Morgan fingerprint density at radius 1 is 1.21 bits per heavy atom. The van der Waals surface area contributed by atoms with E-state index in [1.54, 1.807) is 34.9 Å². The molecule has 0 aliphatic rings. The van der Waals surface area contributed by atoms with E-state index >= 15 is 0 Å². The first-order chi connectivity index (χ1) is 14.0. The SMILES string of the molecule is C#CCCN=C(N)/C(=N\O)c1nc2ccccc2n1CC(=O)c1ccc(N)cc1. The normalized spacial score (nSPS) is 12.1. The van der Waals surface area contributed by atoms with Crippen LogP contribution in [0.25, 0.3) is 11.0 Å². The molecule has 0 spiro atoms. The summed E-state index contributed by atoms with van der Waals surface area (Å²) >= 11 is 0. The zero-order valence-electron chi connectivity index (χ0n) is 15.6. The highest BCUT2D eigenvalue weighted by atomic mass is 16.4. The third kappa shape index (κ3) is 4.25. The number of Topliss-reactive ketones (excluding diaryl/α,β-unsaturated/α-hetero) is 1. The molecule has 0 aliphatic heterocycles. The van der Waals surface area contributed by atoms with Crippen LogP contribution in [-0.2, 0) is 6.54 Å². The molecule has 29 heavy (non-hydrogen) atoms. The number of hydrogen-bond acceptors (Lipinski definition) is 6. The van der Waals surface area contributed by atoms with Crippen molar-refractivity contribution in [2.75, 3.05) is 12.3 Å². The average molecular weight is 388 g/mol. The van der Waals surface area contributed by atoms with Gasteiger partial charge in [0, 0.05) is 17.7 Å². The monoisotopic (exact) mass is 388 g/mol. The van der Waals surface area contributed by atoms with Gasteiger partial charge in [-0.2, -0.15) is 0 Å². The van der Waals surface area contributed by atoms with Gasteiger partial charge in [-0.1, -0.05) is 17.3 Å². The van der Waals surface area contributed by atoms with Crippen LogP contribution in [-0.4, -0.2) is 38.6 Å². The van der Waals surface area contributed by atoms with Gasteiger partial charge in [-0.3, -0.25) is 9.79 Å². The van der Waals surface area contributed by atoms with Gasteiger partial charge in [-0.15, -0.1) is 12.3 Å². The number of nitrogens with zero attached hydrogens (tertiary/aromatic N) is 4. The fourth-order valence-electron chi connectivity index (χ4n) is 2.85. The molecule has 8 nitrogen and oxygen atoms in total. The molecule has 0 unspecified atom stereocenters. The Morgan fingerprint density at radius 2 is 1.93 bits per heavy atom. The highest BCUT2D eigenvalue weighted by molar-refractivity contribution is 6.46. The summed E-state index contributed by atoms with van der Waals surface area (Å²) in [5, 5.41) is 12.9. The molecule has 3 aromatic rings. The number of anilines is 1. The molecule has 0 radical (unpaired) electrons. The van der Waals surface area contributed by atoms with E-state index in [9.17, 15) is 10.0 Å². The van der Waals surface area contributed by atoms with Crippen LogP contribution in [0, 0.1) is 12.3 Å². The number of hydrogen-bond donors (Lipinski definition) is 3. The second-order valence-electron chi connectivity index (χ2n) is 6.23. The second-order valence-corrected chi connectivity index (χ2v) is 6.23. The molecule has 0 amide bonds. The van der Waals surface area contributed by atoms with Crippen LogP contribution in [0.4, 0.5) is 5.69 Å². The maximum absolute atomic E-state index is 12.8. The number of imidazole rings is 1. The van der Waals surface area contributed by atoms with Crippen molar-refractivity contribution in [1.82, 2.24) is 9.55 Å². The van der Waals surface area contributed by atoms with Crippen LogP contribution in [0.1, 0.15) is 22.6 Å². The van der Waals surface area contributed by atoms with Crippen LogP contribution in [0.2, 0.25) is 0 Å². The van der Waals surface area contributed by atoms with Gasteiger partial charge >= 0.3 is 0 Å². The lowest BCUT2D eigenvalue weighted by Crippen LogP contribution is -2.29. The van der Waals surface area contributed by atoms with Gasteiger partial charge in [0.1, 0.15) is 0 Å². The summed E-state index contributed by atoms with van der Waals surface area (Å²) in [5.74, 6) is 2.52. The van der Waals surface area contributed by atoms with Gasteiger partial charge in [0.05, 0.1) is 24.1 Å². The summed E-state index contributed by atoms with van der Waals surface area (Å²) in [7, 11) is 0.